The van der Waals surface area contributed by atoms with Gasteiger partial charge in [0.1, 0.15) is 5.75 Å². The lowest BCUT2D eigenvalue weighted by atomic mass is 9.90. The van der Waals surface area contributed by atoms with E-state index in [-0.39, 0.29) is 11.7 Å². The molecule has 0 spiro atoms. The van der Waals surface area contributed by atoms with Gasteiger partial charge in [-0.2, -0.15) is 0 Å². The molecule has 5 heteroatoms. The Kier molecular flexibility index (Phi) is 4.44. The summed E-state index contributed by atoms with van der Waals surface area (Å²) < 4.78 is 5.04. The van der Waals surface area contributed by atoms with Gasteiger partial charge in [-0.05, 0) is 36.8 Å². The summed E-state index contributed by atoms with van der Waals surface area (Å²) in [7, 11) is 0. The summed E-state index contributed by atoms with van der Waals surface area (Å²) in [5, 5.41) is 9.96. The molecule has 0 atom stereocenters. The van der Waals surface area contributed by atoms with Crippen molar-refractivity contribution in [3.05, 3.63) is 58.6 Å². The average Bonchev–Trinajstić information content (AvgIpc) is 2.48. The van der Waals surface area contributed by atoms with Gasteiger partial charge in [0.05, 0.1) is 22.9 Å². The van der Waals surface area contributed by atoms with Crippen LogP contribution in [0.4, 0.5) is 5.69 Å². The summed E-state index contributed by atoms with van der Waals surface area (Å²) in [6, 6.07) is 12.6. The molecular formula is C18H18ClNO3. The molecule has 0 bridgehead atoms. The van der Waals surface area contributed by atoms with Gasteiger partial charge in [-0.3, -0.25) is 0 Å². The highest BCUT2D eigenvalue weighted by Gasteiger charge is 2.29. The highest BCUT2D eigenvalue weighted by atomic mass is 35.5. The third-order valence-corrected chi connectivity index (χ3v) is 4.33. The number of phenolic OH excluding ortho intramolecular Hbond substituents is 1. The largest absolute Gasteiger partial charge is 0.508 e. The minimum Gasteiger partial charge on any atom is -0.508 e. The Morgan fingerprint density at radius 3 is 2.78 bits per heavy atom. The number of rotatable bonds is 4. The summed E-state index contributed by atoms with van der Waals surface area (Å²) in [5.41, 5.74) is 2.63. The van der Waals surface area contributed by atoms with Crippen molar-refractivity contribution >= 4 is 23.3 Å². The predicted molar refractivity (Wildman–Crippen MR) is 90.5 cm³/mol. The zero-order valence-electron chi connectivity index (χ0n) is 12.8. The Labute approximate surface area is 140 Å². The average molecular weight is 332 g/mol. The molecule has 0 amide bonds. The van der Waals surface area contributed by atoms with E-state index in [1.54, 1.807) is 25.1 Å². The summed E-state index contributed by atoms with van der Waals surface area (Å²) in [4.78, 5) is 14.0. The van der Waals surface area contributed by atoms with Gasteiger partial charge in [0.2, 0.25) is 0 Å². The molecule has 1 heterocycles. The molecule has 4 nitrogen and oxygen atoms in total. The van der Waals surface area contributed by atoms with Crippen molar-refractivity contribution in [1.82, 2.24) is 0 Å². The smallest absolute Gasteiger partial charge is 0.338 e. The maximum Gasteiger partial charge on any atom is 0.338 e. The predicted octanol–water partition coefficient (Wildman–Crippen LogP) is 3.83. The molecule has 120 valence electrons. The van der Waals surface area contributed by atoms with Gasteiger partial charge in [-0.25, -0.2) is 4.79 Å². The van der Waals surface area contributed by atoms with Crippen molar-refractivity contribution in [3.63, 3.8) is 0 Å². The molecule has 0 radical (unpaired) electrons. The van der Waals surface area contributed by atoms with Crippen LogP contribution in [0.15, 0.2) is 42.5 Å². The van der Waals surface area contributed by atoms with Crippen LogP contribution in [0.25, 0.3) is 0 Å². The van der Waals surface area contributed by atoms with Gasteiger partial charge in [-0.15, -0.1) is 0 Å². The molecule has 2 aromatic rings. The third-order valence-electron chi connectivity index (χ3n) is 4.02. The van der Waals surface area contributed by atoms with Gasteiger partial charge in [0.15, 0.2) is 0 Å². The zero-order valence-corrected chi connectivity index (χ0v) is 13.6. The zero-order chi connectivity index (χ0) is 16.4. The van der Waals surface area contributed by atoms with Crippen LogP contribution >= 0.6 is 11.6 Å². The second-order valence-electron chi connectivity index (χ2n) is 5.58. The Hall–Kier alpha value is -2.20. The fourth-order valence-corrected chi connectivity index (χ4v) is 3.07. The van der Waals surface area contributed by atoms with E-state index >= 15 is 0 Å². The van der Waals surface area contributed by atoms with Crippen LogP contribution in [0.2, 0.25) is 5.02 Å². The van der Waals surface area contributed by atoms with Crippen molar-refractivity contribution < 1.29 is 14.6 Å². The van der Waals surface area contributed by atoms with E-state index in [1.807, 2.05) is 24.3 Å². The number of aromatic hydroxyl groups is 1. The van der Waals surface area contributed by atoms with Crippen LogP contribution in [0.5, 0.6) is 5.75 Å². The molecule has 1 fully saturated rings. The van der Waals surface area contributed by atoms with Crippen molar-refractivity contribution in [2.75, 3.05) is 24.6 Å². The quantitative estimate of drug-likeness (QED) is 0.865. The van der Waals surface area contributed by atoms with Crippen LogP contribution in [-0.4, -0.2) is 30.8 Å². The summed E-state index contributed by atoms with van der Waals surface area (Å²) in [6.45, 7) is 3.83. The number of phenols is 1. The maximum atomic E-state index is 11.8. The summed E-state index contributed by atoms with van der Waals surface area (Å²) >= 11 is 6.17. The first-order valence-electron chi connectivity index (χ1n) is 7.59. The number of halogens is 1. The lowest BCUT2D eigenvalue weighted by Gasteiger charge is -2.42. The lowest BCUT2D eigenvalue weighted by molar-refractivity contribution is 0.0526. The van der Waals surface area contributed by atoms with E-state index < -0.39 is 0 Å². The molecule has 1 N–H and O–H groups in total. The van der Waals surface area contributed by atoms with Gasteiger partial charge >= 0.3 is 5.97 Å². The number of nitrogens with zero attached hydrogens (tertiary/aromatic N) is 1. The Balaban J connectivity index is 1.69. The van der Waals surface area contributed by atoms with Crippen molar-refractivity contribution in [1.29, 1.82) is 0 Å². The van der Waals surface area contributed by atoms with Crippen molar-refractivity contribution in [3.8, 4) is 5.75 Å². The van der Waals surface area contributed by atoms with Crippen LogP contribution < -0.4 is 4.90 Å². The first kappa shape index (κ1) is 15.7. The molecule has 1 aliphatic rings. The number of hydrogen-bond donors (Lipinski definition) is 1. The van der Waals surface area contributed by atoms with Gasteiger partial charge in [0.25, 0.3) is 0 Å². The van der Waals surface area contributed by atoms with Crippen LogP contribution in [0, 0.1) is 0 Å². The van der Waals surface area contributed by atoms with Crippen molar-refractivity contribution in [2.24, 2.45) is 0 Å². The second kappa shape index (κ2) is 6.50. The minimum absolute atomic E-state index is 0.165. The van der Waals surface area contributed by atoms with Crippen molar-refractivity contribution in [2.45, 2.75) is 12.8 Å². The molecule has 2 aromatic carbocycles. The van der Waals surface area contributed by atoms with Crippen LogP contribution in [0.3, 0.4) is 0 Å². The van der Waals surface area contributed by atoms with Gasteiger partial charge < -0.3 is 14.7 Å². The van der Waals surface area contributed by atoms with Gasteiger partial charge in [0, 0.05) is 25.1 Å². The lowest BCUT2D eigenvalue weighted by Crippen LogP contribution is -2.45. The second-order valence-corrected chi connectivity index (χ2v) is 5.99. The molecule has 23 heavy (non-hydrogen) atoms. The maximum absolute atomic E-state index is 11.8. The SMILES string of the molecule is CCOC(=O)c1cccc(C2CN(c3ccc(O)cc3Cl)C2)c1. The first-order valence-corrected chi connectivity index (χ1v) is 7.97. The molecular weight excluding hydrogens is 314 g/mol. The van der Waals surface area contributed by atoms with E-state index in [9.17, 15) is 9.90 Å². The molecule has 0 unspecified atom stereocenters. The minimum atomic E-state index is -0.285. The number of anilines is 1. The Bertz CT molecular complexity index is 726. The van der Waals surface area contributed by atoms with E-state index in [4.69, 9.17) is 16.3 Å². The fourth-order valence-electron chi connectivity index (χ4n) is 2.77. The number of hydrogen-bond acceptors (Lipinski definition) is 4. The van der Waals surface area contributed by atoms with E-state index in [0.717, 1.165) is 24.3 Å². The third kappa shape index (κ3) is 3.27. The Morgan fingerprint density at radius 2 is 2.09 bits per heavy atom. The van der Waals surface area contributed by atoms with E-state index in [0.29, 0.717) is 23.1 Å². The summed E-state index contributed by atoms with van der Waals surface area (Å²) in [6.07, 6.45) is 0. The molecule has 0 saturated carbocycles. The molecule has 1 saturated heterocycles. The number of esters is 1. The fraction of sp³-hybridized carbons (Fsp3) is 0.278. The van der Waals surface area contributed by atoms with Gasteiger partial charge in [-0.1, -0.05) is 23.7 Å². The highest BCUT2D eigenvalue weighted by Crippen LogP contribution is 2.37. The molecule has 3 rings (SSSR count). The Morgan fingerprint density at radius 1 is 1.30 bits per heavy atom. The molecule has 0 aromatic heterocycles. The van der Waals surface area contributed by atoms with E-state index in [2.05, 4.69) is 4.90 Å². The van der Waals surface area contributed by atoms with E-state index in [1.165, 1.54) is 0 Å². The molecule has 1 aliphatic heterocycles. The summed E-state index contributed by atoms with van der Waals surface area (Å²) in [5.74, 6) is 0.235. The number of carbonyl (C=O) groups is 1. The van der Waals surface area contributed by atoms with Crippen LogP contribution in [0.1, 0.15) is 28.8 Å². The number of benzene rings is 2. The standard InChI is InChI=1S/C18H18ClNO3/c1-2-23-18(22)13-5-3-4-12(8-13)14-10-20(11-14)17-7-6-15(21)9-16(17)19/h3-9,14,21H,2,10-11H2,1H3. The topological polar surface area (TPSA) is 49.8 Å². The monoisotopic (exact) mass is 331 g/mol. The normalized spacial score (nSPS) is 14.4. The number of ether oxygens (including phenoxy) is 1. The number of carbonyl (C=O) groups excluding carboxylic acids is 1. The highest BCUT2D eigenvalue weighted by molar-refractivity contribution is 6.33. The molecule has 0 aliphatic carbocycles. The first-order chi connectivity index (χ1) is 11.1. The van der Waals surface area contributed by atoms with Crippen LogP contribution in [-0.2, 0) is 4.74 Å².